The van der Waals surface area contributed by atoms with Gasteiger partial charge in [-0.25, -0.2) is 4.79 Å². The van der Waals surface area contributed by atoms with E-state index in [0.717, 1.165) is 17.9 Å². The van der Waals surface area contributed by atoms with Crippen LogP contribution in [0.15, 0.2) is 0 Å². The Morgan fingerprint density at radius 3 is 2.53 bits per heavy atom. The molecule has 1 amide bonds. The highest BCUT2D eigenvalue weighted by atomic mass is 16.7. The molecule has 0 saturated carbocycles. The molecule has 0 spiro atoms. The zero-order valence-electron chi connectivity index (χ0n) is 9.19. The maximum atomic E-state index is 11.2. The van der Waals surface area contributed by atoms with E-state index < -0.39 is 5.97 Å². The molecular formula is C10H17NO4. The molecule has 5 heteroatoms. The topological polar surface area (TPSA) is 63.7 Å². The van der Waals surface area contributed by atoms with Gasteiger partial charge in [0, 0.05) is 26.3 Å². The molecule has 0 N–H and O–H groups in total. The molecule has 0 bridgehead atoms. The summed E-state index contributed by atoms with van der Waals surface area (Å²) in [5, 5.41) is 0.890. The smallest absolute Gasteiger partial charge is 0.332 e. The van der Waals surface area contributed by atoms with Crippen LogP contribution in [0.25, 0.3) is 0 Å². The average Bonchev–Trinajstić information content (AvgIpc) is 2.22. The molecule has 0 radical (unpaired) electrons. The summed E-state index contributed by atoms with van der Waals surface area (Å²) in [7, 11) is 1.37. The van der Waals surface area contributed by atoms with Crippen molar-refractivity contribution in [2.45, 2.75) is 39.0 Å². The van der Waals surface area contributed by atoms with Gasteiger partial charge in [0.1, 0.15) is 6.29 Å². The Bertz CT molecular complexity index is 227. The number of unbranched alkanes of at least 4 members (excludes halogenated alkanes) is 1. The van der Waals surface area contributed by atoms with Crippen molar-refractivity contribution >= 4 is 18.2 Å². The van der Waals surface area contributed by atoms with Gasteiger partial charge in [-0.3, -0.25) is 4.79 Å². The lowest BCUT2D eigenvalue weighted by atomic mass is 10.3. The molecule has 86 valence electrons. The largest absolute Gasteiger partial charge is 0.338 e. The van der Waals surface area contributed by atoms with Crippen LogP contribution in [0.5, 0.6) is 0 Å². The molecule has 0 aliphatic heterocycles. The van der Waals surface area contributed by atoms with Crippen LogP contribution in [0.2, 0.25) is 0 Å². The summed E-state index contributed by atoms with van der Waals surface area (Å²) < 4.78 is 0. The first-order valence-electron chi connectivity index (χ1n) is 5.02. The van der Waals surface area contributed by atoms with Crippen molar-refractivity contribution < 1.29 is 19.2 Å². The summed E-state index contributed by atoms with van der Waals surface area (Å²) in [4.78, 5) is 37.1. The van der Waals surface area contributed by atoms with Crippen LogP contribution in [0.3, 0.4) is 0 Å². The third-order valence-electron chi connectivity index (χ3n) is 1.80. The molecule has 0 aromatic heterocycles. The first-order chi connectivity index (χ1) is 7.11. The molecule has 5 nitrogen and oxygen atoms in total. The third-order valence-corrected chi connectivity index (χ3v) is 1.80. The molecule has 15 heavy (non-hydrogen) atoms. The first-order valence-corrected chi connectivity index (χ1v) is 5.02. The summed E-state index contributed by atoms with van der Waals surface area (Å²) in [5.41, 5.74) is 0. The van der Waals surface area contributed by atoms with Crippen molar-refractivity contribution in [1.29, 1.82) is 0 Å². The average molecular weight is 215 g/mol. The lowest BCUT2D eigenvalue weighted by Gasteiger charge is -2.15. The highest BCUT2D eigenvalue weighted by Gasteiger charge is 2.12. The molecule has 0 aromatic carbocycles. The van der Waals surface area contributed by atoms with Gasteiger partial charge in [-0.1, -0.05) is 13.3 Å². The highest BCUT2D eigenvalue weighted by molar-refractivity contribution is 5.79. The SMILES string of the molecule is CCCCC(=O)ON(C)C(=O)CCC=O. The normalized spacial score (nSPS) is 9.47. The number of amides is 1. The number of carbonyl (C=O) groups excluding carboxylic acids is 3. The monoisotopic (exact) mass is 215 g/mol. The molecule has 0 heterocycles. The molecular weight excluding hydrogens is 198 g/mol. The number of hydrogen-bond donors (Lipinski definition) is 0. The first kappa shape index (κ1) is 13.6. The Hall–Kier alpha value is -1.39. The van der Waals surface area contributed by atoms with Crippen molar-refractivity contribution in [3.8, 4) is 0 Å². The van der Waals surface area contributed by atoms with Crippen LogP contribution in [-0.2, 0) is 19.2 Å². The second-order valence-electron chi connectivity index (χ2n) is 3.16. The number of hydroxylamine groups is 2. The zero-order valence-corrected chi connectivity index (χ0v) is 9.19. The minimum Gasteiger partial charge on any atom is -0.338 e. The van der Waals surface area contributed by atoms with E-state index in [0.29, 0.717) is 12.7 Å². The molecule has 0 aliphatic carbocycles. The quantitative estimate of drug-likeness (QED) is 0.491. The molecule has 0 atom stereocenters. The van der Waals surface area contributed by atoms with Crippen molar-refractivity contribution in [3.63, 3.8) is 0 Å². The van der Waals surface area contributed by atoms with E-state index in [4.69, 9.17) is 4.84 Å². The van der Waals surface area contributed by atoms with E-state index in [1.54, 1.807) is 0 Å². The van der Waals surface area contributed by atoms with Gasteiger partial charge in [0.15, 0.2) is 0 Å². The minimum atomic E-state index is -0.418. The van der Waals surface area contributed by atoms with Gasteiger partial charge in [0.05, 0.1) is 0 Å². The van der Waals surface area contributed by atoms with Gasteiger partial charge in [-0.15, -0.1) is 0 Å². The highest BCUT2D eigenvalue weighted by Crippen LogP contribution is 2.00. The fourth-order valence-electron chi connectivity index (χ4n) is 0.910. The number of rotatable bonds is 6. The van der Waals surface area contributed by atoms with Crippen LogP contribution in [0, 0.1) is 0 Å². The van der Waals surface area contributed by atoms with Gasteiger partial charge < -0.3 is 9.63 Å². The Balaban J connectivity index is 3.79. The van der Waals surface area contributed by atoms with Gasteiger partial charge in [0.2, 0.25) is 0 Å². The van der Waals surface area contributed by atoms with Crippen molar-refractivity contribution in [2.75, 3.05) is 7.05 Å². The van der Waals surface area contributed by atoms with E-state index in [1.807, 2.05) is 6.92 Å². The fourth-order valence-corrected chi connectivity index (χ4v) is 0.910. The Morgan fingerprint density at radius 1 is 1.33 bits per heavy atom. The molecule has 0 saturated heterocycles. The number of hydrogen-bond acceptors (Lipinski definition) is 4. The van der Waals surface area contributed by atoms with Crippen LogP contribution in [-0.4, -0.2) is 30.3 Å². The molecule has 0 rings (SSSR count). The number of nitrogens with zero attached hydrogens (tertiary/aromatic N) is 1. The summed E-state index contributed by atoms with van der Waals surface area (Å²) in [6.07, 6.45) is 2.83. The summed E-state index contributed by atoms with van der Waals surface area (Å²) >= 11 is 0. The summed E-state index contributed by atoms with van der Waals surface area (Å²) in [5.74, 6) is -0.786. The lowest BCUT2D eigenvalue weighted by Crippen LogP contribution is -2.29. The second-order valence-corrected chi connectivity index (χ2v) is 3.16. The maximum Gasteiger partial charge on any atom is 0.332 e. The number of carbonyl (C=O) groups is 3. The van der Waals surface area contributed by atoms with Crippen LogP contribution in [0.1, 0.15) is 39.0 Å². The van der Waals surface area contributed by atoms with E-state index in [1.165, 1.54) is 7.05 Å². The number of aldehydes is 1. The zero-order chi connectivity index (χ0) is 11.7. The molecule has 0 aromatic rings. The maximum absolute atomic E-state index is 11.2. The second kappa shape index (κ2) is 7.96. The van der Waals surface area contributed by atoms with Crippen LogP contribution < -0.4 is 0 Å². The third kappa shape index (κ3) is 6.65. The summed E-state index contributed by atoms with van der Waals surface area (Å²) in [6.45, 7) is 1.96. The molecule has 0 unspecified atom stereocenters. The minimum absolute atomic E-state index is 0.0705. The Morgan fingerprint density at radius 2 is 2.00 bits per heavy atom. The lowest BCUT2D eigenvalue weighted by molar-refractivity contribution is -0.192. The van der Waals surface area contributed by atoms with Crippen molar-refractivity contribution in [1.82, 2.24) is 5.06 Å². The van der Waals surface area contributed by atoms with E-state index in [-0.39, 0.29) is 18.7 Å². The van der Waals surface area contributed by atoms with E-state index in [9.17, 15) is 14.4 Å². The molecule has 0 aliphatic rings. The van der Waals surface area contributed by atoms with Gasteiger partial charge in [0.25, 0.3) is 5.91 Å². The summed E-state index contributed by atoms with van der Waals surface area (Å²) in [6, 6.07) is 0. The van der Waals surface area contributed by atoms with E-state index in [2.05, 4.69) is 0 Å². The van der Waals surface area contributed by atoms with E-state index >= 15 is 0 Å². The Labute approximate surface area is 89.3 Å². The van der Waals surface area contributed by atoms with Crippen LogP contribution in [0.4, 0.5) is 0 Å². The Kier molecular flexibility index (Phi) is 7.23. The predicted octanol–water partition coefficient (Wildman–Crippen LogP) is 1.07. The van der Waals surface area contributed by atoms with Gasteiger partial charge in [-0.05, 0) is 6.42 Å². The standard InChI is InChI=1S/C10H17NO4/c1-3-4-7-10(14)15-11(2)9(13)6-5-8-12/h8H,3-7H2,1-2H3. The van der Waals surface area contributed by atoms with Crippen molar-refractivity contribution in [3.05, 3.63) is 0 Å². The fraction of sp³-hybridized carbons (Fsp3) is 0.700. The van der Waals surface area contributed by atoms with Gasteiger partial charge in [-0.2, -0.15) is 5.06 Å². The van der Waals surface area contributed by atoms with Gasteiger partial charge >= 0.3 is 5.97 Å². The predicted molar refractivity (Wildman–Crippen MR) is 53.7 cm³/mol. The van der Waals surface area contributed by atoms with Crippen molar-refractivity contribution in [2.24, 2.45) is 0 Å². The van der Waals surface area contributed by atoms with Crippen LogP contribution >= 0.6 is 0 Å². The molecule has 0 fully saturated rings.